The average Bonchev–Trinajstić information content (AvgIpc) is 2.86. The van der Waals surface area contributed by atoms with Crippen molar-refractivity contribution in [3.63, 3.8) is 0 Å². The quantitative estimate of drug-likeness (QED) is 0.688. The van der Waals surface area contributed by atoms with Gasteiger partial charge in [-0.15, -0.1) is 0 Å². The third-order valence-corrected chi connectivity index (χ3v) is 6.50. The second kappa shape index (κ2) is 10.0. The fourth-order valence-electron chi connectivity index (χ4n) is 4.75. The molecule has 5 rings (SSSR count). The van der Waals surface area contributed by atoms with Crippen LogP contribution in [0.3, 0.4) is 0 Å². The normalized spacial score (nSPS) is 18.3. The average molecular weight is 483 g/mol. The van der Waals surface area contributed by atoms with Crippen LogP contribution in [0.25, 0.3) is 0 Å². The Bertz CT molecular complexity index is 999. The topological polar surface area (TPSA) is 78.5 Å². The number of rotatable bonds is 4. The summed E-state index contributed by atoms with van der Waals surface area (Å²) in [4.78, 5) is 14.3. The first kappa shape index (κ1) is 23.9. The Morgan fingerprint density at radius 3 is 2.00 bits per heavy atom. The van der Waals surface area contributed by atoms with E-state index in [4.69, 9.17) is 23.7 Å². The smallest absolute Gasteiger partial charge is 0.410 e. The first-order chi connectivity index (χ1) is 16.9. The first-order valence-electron chi connectivity index (χ1n) is 12.3. The van der Waals surface area contributed by atoms with Gasteiger partial charge in [-0.3, -0.25) is 0 Å². The van der Waals surface area contributed by atoms with Crippen LogP contribution < -0.4 is 14.8 Å². The zero-order valence-corrected chi connectivity index (χ0v) is 20.7. The summed E-state index contributed by atoms with van der Waals surface area (Å²) in [5, 5.41) is 3.87. The molecule has 0 aromatic heterocycles. The number of benzene rings is 2. The summed E-state index contributed by atoms with van der Waals surface area (Å²) in [6, 6.07) is 12.8. The van der Waals surface area contributed by atoms with Crippen molar-refractivity contribution in [1.82, 2.24) is 10.2 Å². The van der Waals surface area contributed by atoms with Gasteiger partial charge in [0.2, 0.25) is 0 Å². The number of hydrogen-bond acceptors (Lipinski definition) is 7. The Labute approximate surface area is 206 Å². The second-order valence-electron chi connectivity index (χ2n) is 10.3. The molecular formula is C27H34N2O6. The highest BCUT2D eigenvalue weighted by Gasteiger charge is 2.29. The predicted octanol–water partition coefficient (Wildman–Crippen LogP) is 4.50. The van der Waals surface area contributed by atoms with Crippen LogP contribution in [0.5, 0.6) is 11.5 Å². The third-order valence-electron chi connectivity index (χ3n) is 6.50. The zero-order chi connectivity index (χ0) is 24.4. The van der Waals surface area contributed by atoms with Crippen LogP contribution >= 0.6 is 0 Å². The maximum atomic E-state index is 12.5. The lowest BCUT2D eigenvalue weighted by Gasteiger charge is -2.36. The molecule has 1 N–H and O–H groups in total. The molecule has 8 nitrogen and oxygen atoms in total. The molecular weight excluding hydrogens is 448 g/mol. The van der Waals surface area contributed by atoms with Crippen molar-refractivity contribution in [2.75, 3.05) is 26.7 Å². The molecule has 0 saturated carbocycles. The van der Waals surface area contributed by atoms with E-state index >= 15 is 0 Å². The van der Waals surface area contributed by atoms with E-state index in [1.54, 1.807) is 4.90 Å². The number of likely N-dealkylation sites (tertiary alicyclic amines) is 1. The minimum Gasteiger partial charge on any atom is -0.467 e. The van der Waals surface area contributed by atoms with E-state index in [2.05, 4.69) is 29.6 Å². The van der Waals surface area contributed by atoms with Gasteiger partial charge in [0.15, 0.2) is 13.6 Å². The Morgan fingerprint density at radius 1 is 0.943 bits per heavy atom. The highest BCUT2D eigenvalue weighted by Crippen LogP contribution is 2.34. The fraction of sp³-hybridized carbons (Fsp3) is 0.519. The Kier molecular flexibility index (Phi) is 6.86. The van der Waals surface area contributed by atoms with E-state index in [9.17, 15) is 4.79 Å². The number of piperidine rings is 1. The summed E-state index contributed by atoms with van der Waals surface area (Å²) in [7, 11) is 0. The summed E-state index contributed by atoms with van der Waals surface area (Å²) in [5.74, 6) is 1.74. The van der Waals surface area contributed by atoms with Crippen LogP contribution in [0.1, 0.15) is 61.9 Å². The standard InChI is InChI=1S/C27H34N2O6/c1-27(2,3)35-26(30)29-10-8-22(9-11-29)28-25(18-4-6-23-20(12-18)14-31-16-33-23)19-5-7-24-21(13-19)15-32-17-34-24/h4-7,12-13,22,25,28H,8-11,14-17H2,1-3H3. The van der Waals surface area contributed by atoms with Gasteiger partial charge in [-0.1, -0.05) is 12.1 Å². The van der Waals surface area contributed by atoms with E-state index in [1.807, 2.05) is 32.9 Å². The zero-order valence-electron chi connectivity index (χ0n) is 20.7. The SMILES string of the molecule is CC(C)(C)OC(=O)N1CCC(NC(c2ccc3c(c2)COCO3)c2ccc3c(c2)COCO3)CC1. The summed E-state index contributed by atoms with van der Waals surface area (Å²) < 4.78 is 27.8. The molecule has 2 aromatic carbocycles. The van der Waals surface area contributed by atoms with E-state index in [1.165, 1.54) is 0 Å². The Hall–Kier alpha value is -2.81. The number of carbonyl (C=O) groups is 1. The molecule has 188 valence electrons. The maximum absolute atomic E-state index is 12.5. The van der Waals surface area contributed by atoms with Gasteiger partial charge in [-0.05, 0) is 69.0 Å². The van der Waals surface area contributed by atoms with Gasteiger partial charge in [-0.25, -0.2) is 4.79 Å². The van der Waals surface area contributed by atoms with E-state index in [0.29, 0.717) is 26.3 Å². The molecule has 0 radical (unpaired) electrons. The van der Waals surface area contributed by atoms with Crippen molar-refractivity contribution in [2.24, 2.45) is 0 Å². The lowest BCUT2D eigenvalue weighted by Crippen LogP contribution is -2.47. The van der Waals surface area contributed by atoms with Crippen LogP contribution in [0, 0.1) is 0 Å². The van der Waals surface area contributed by atoms with Crippen molar-refractivity contribution in [3.8, 4) is 11.5 Å². The van der Waals surface area contributed by atoms with Crippen LogP contribution in [0.15, 0.2) is 36.4 Å². The minimum absolute atomic E-state index is 0.0347. The van der Waals surface area contributed by atoms with Gasteiger partial charge in [0.25, 0.3) is 0 Å². The first-order valence-corrected chi connectivity index (χ1v) is 12.3. The molecule has 2 aromatic rings. The molecule has 1 fully saturated rings. The summed E-state index contributed by atoms with van der Waals surface area (Å²) >= 11 is 0. The van der Waals surface area contributed by atoms with E-state index in [-0.39, 0.29) is 31.8 Å². The van der Waals surface area contributed by atoms with Crippen molar-refractivity contribution < 1.29 is 28.5 Å². The number of fused-ring (bicyclic) bond motifs is 2. The number of hydrogen-bond donors (Lipinski definition) is 1. The molecule has 0 unspecified atom stereocenters. The monoisotopic (exact) mass is 482 g/mol. The molecule has 0 bridgehead atoms. The van der Waals surface area contributed by atoms with E-state index in [0.717, 1.165) is 46.6 Å². The number of nitrogens with zero attached hydrogens (tertiary/aromatic N) is 1. The summed E-state index contributed by atoms with van der Waals surface area (Å²) in [6.45, 7) is 8.66. The van der Waals surface area contributed by atoms with Crippen LogP contribution in [-0.2, 0) is 27.4 Å². The van der Waals surface area contributed by atoms with Crippen molar-refractivity contribution in [2.45, 2.75) is 64.5 Å². The lowest BCUT2D eigenvalue weighted by atomic mass is 9.93. The number of amides is 1. The lowest BCUT2D eigenvalue weighted by molar-refractivity contribution is -0.0164. The van der Waals surface area contributed by atoms with Crippen LogP contribution in [0.2, 0.25) is 0 Å². The summed E-state index contributed by atoms with van der Waals surface area (Å²) in [5.41, 5.74) is 3.89. The summed E-state index contributed by atoms with van der Waals surface area (Å²) in [6.07, 6.45) is 1.46. The number of carbonyl (C=O) groups excluding carboxylic acids is 1. The van der Waals surface area contributed by atoms with Gasteiger partial charge in [0, 0.05) is 30.3 Å². The van der Waals surface area contributed by atoms with Gasteiger partial charge in [-0.2, -0.15) is 0 Å². The largest absolute Gasteiger partial charge is 0.467 e. The minimum atomic E-state index is -0.489. The molecule has 3 aliphatic rings. The van der Waals surface area contributed by atoms with Gasteiger partial charge >= 0.3 is 6.09 Å². The Morgan fingerprint density at radius 2 is 1.49 bits per heavy atom. The van der Waals surface area contributed by atoms with Crippen molar-refractivity contribution in [3.05, 3.63) is 58.7 Å². The highest BCUT2D eigenvalue weighted by atomic mass is 16.7. The molecule has 3 heterocycles. The molecule has 1 saturated heterocycles. The van der Waals surface area contributed by atoms with Gasteiger partial charge < -0.3 is 33.9 Å². The fourth-order valence-corrected chi connectivity index (χ4v) is 4.75. The third kappa shape index (κ3) is 5.72. The molecule has 8 heteroatoms. The molecule has 0 spiro atoms. The van der Waals surface area contributed by atoms with Crippen molar-refractivity contribution >= 4 is 6.09 Å². The molecule has 0 atom stereocenters. The highest BCUT2D eigenvalue weighted by molar-refractivity contribution is 5.68. The second-order valence-corrected chi connectivity index (χ2v) is 10.3. The van der Waals surface area contributed by atoms with Gasteiger partial charge in [0.1, 0.15) is 17.1 Å². The number of ether oxygens (including phenoxy) is 5. The Balaban J connectivity index is 1.35. The maximum Gasteiger partial charge on any atom is 0.410 e. The van der Waals surface area contributed by atoms with Crippen LogP contribution in [-0.4, -0.2) is 49.3 Å². The number of nitrogens with one attached hydrogen (secondary N) is 1. The molecule has 35 heavy (non-hydrogen) atoms. The molecule has 1 amide bonds. The predicted molar refractivity (Wildman–Crippen MR) is 129 cm³/mol. The molecule has 3 aliphatic heterocycles. The molecule has 0 aliphatic carbocycles. The van der Waals surface area contributed by atoms with E-state index < -0.39 is 5.60 Å². The van der Waals surface area contributed by atoms with Gasteiger partial charge in [0.05, 0.1) is 19.3 Å². The van der Waals surface area contributed by atoms with Crippen molar-refractivity contribution in [1.29, 1.82) is 0 Å². The van der Waals surface area contributed by atoms with Crippen LogP contribution in [0.4, 0.5) is 4.79 Å².